The third-order valence-electron chi connectivity index (χ3n) is 5.60. The summed E-state index contributed by atoms with van der Waals surface area (Å²) in [6.45, 7) is 0.295. The SMILES string of the molecule is CO/N=C(\C(=O)NC1C(=O)N2C(C(=O)O)=C(C[n+]3ccc4sc(N)cc4c3)CS[C@H]12)c1csc(N)n1. The number of thiophene rings is 1. The number of thioether (sulfide) groups is 1. The van der Waals surface area contributed by atoms with E-state index in [0.29, 0.717) is 22.9 Å². The van der Waals surface area contributed by atoms with Crippen LogP contribution < -0.4 is 21.4 Å². The summed E-state index contributed by atoms with van der Waals surface area (Å²) >= 11 is 3.99. The smallest absolute Gasteiger partial charge is 0.352 e. The van der Waals surface area contributed by atoms with Gasteiger partial charge in [-0.15, -0.1) is 34.4 Å². The standard InChI is InChI=1S/C21H19N7O5S3/c1-33-26-14(11-8-35-21(23)24-11)17(29)25-15-18(30)28-16(20(31)32)10(7-34-19(15)28)6-27-3-2-12-9(5-27)4-13(22)36-12/h2-5,8,15,19H,6-7,22H2,1H3,(H3-,23,24,25,29,31,32)/p+1/b26-14-/t15?,19-/m1/s1. The molecule has 2 aliphatic heterocycles. The van der Waals surface area contributed by atoms with Crippen LogP contribution in [0.25, 0.3) is 10.1 Å². The molecule has 0 aromatic carbocycles. The molecule has 0 spiro atoms. The van der Waals surface area contributed by atoms with Crippen LogP contribution >= 0.6 is 34.4 Å². The molecule has 0 saturated carbocycles. The van der Waals surface area contributed by atoms with Crippen LogP contribution in [0, 0.1) is 0 Å². The molecule has 5 heterocycles. The van der Waals surface area contributed by atoms with Gasteiger partial charge in [-0.05, 0) is 6.07 Å². The summed E-state index contributed by atoms with van der Waals surface area (Å²) < 4.78 is 2.90. The lowest BCUT2D eigenvalue weighted by molar-refractivity contribution is -0.687. The van der Waals surface area contributed by atoms with E-state index in [-0.39, 0.29) is 22.2 Å². The number of oxime groups is 1. The van der Waals surface area contributed by atoms with Gasteiger partial charge in [0.1, 0.15) is 29.9 Å². The molecule has 5 rings (SSSR count). The fourth-order valence-corrected chi connectivity index (χ4v) is 6.76. The lowest BCUT2D eigenvalue weighted by atomic mass is 10.0. The summed E-state index contributed by atoms with van der Waals surface area (Å²) in [5, 5.41) is 19.2. The van der Waals surface area contributed by atoms with Gasteiger partial charge in [0, 0.05) is 27.5 Å². The maximum absolute atomic E-state index is 13.0. The maximum Gasteiger partial charge on any atom is 0.352 e. The zero-order chi connectivity index (χ0) is 25.6. The van der Waals surface area contributed by atoms with E-state index in [1.165, 1.54) is 35.1 Å². The highest BCUT2D eigenvalue weighted by Gasteiger charge is 2.54. The first kappa shape index (κ1) is 24.0. The zero-order valence-corrected chi connectivity index (χ0v) is 21.2. The quantitative estimate of drug-likeness (QED) is 0.143. The van der Waals surface area contributed by atoms with E-state index >= 15 is 0 Å². The van der Waals surface area contributed by atoms with Gasteiger partial charge in [0.2, 0.25) is 0 Å². The number of rotatable bonds is 7. The number of β-lactam (4-membered cyclic amide) rings is 1. The Morgan fingerprint density at radius 2 is 2.22 bits per heavy atom. The normalized spacial score (nSPS) is 19.8. The van der Waals surface area contributed by atoms with E-state index in [1.54, 1.807) is 5.38 Å². The Morgan fingerprint density at radius 3 is 2.92 bits per heavy atom. The highest BCUT2D eigenvalue weighted by atomic mass is 32.2. The Balaban J connectivity index is 1.36. The van der Waals surface area contributed by atoms with Crippen molar-refractivity contribution in [2.24, 2.45) is 5.16 Å². The first-order valence-electron chi connectivity index (χ1n) is 10.5. The Labute approximate surface area is 216 Å². The minimum Gasteiger partial charge on any atom is -0.477 e. The molecule has 6 N–H and O–H groups in total. The second-order valence-corrected chi connectivity index (χ2v) is 11.0. The van der Waals surface area contributed by atoms with Crippen LogP contribution in [0.4, 0.5) is 10.1 Å². The average molecular weight is 547 g/mol. The number of thiazole rings is 1. The predicted molar refractivity (Wildman–Crippen MR) is 136 cm³/mol. The number of carbonyl (C=O) groups is 3. The number of pyridine rings is 1. The van der Waals surface area contributed by atoms with Gasteiger partial charge in [0.25, 0.3) is 11.8 Å². The molecule has 0 radical (unpaired) electrons. The molecule has 186 valence electrons. The van der Waals surface area contributed by atoms with E-state index in [1.807, 2.05) is 29.1 Å². The van der Waals surface area contributed by atoms with Crippen molar-refractivity contribution in [1.29, 1.82) is 0 Å². The van der Waals surface area contributed by atoms with Crippen molar-refractivity contribution >= 4 is 78.1 Å². The second-order valence-electron chi connectivity index (χ2n) is 7.90. The molecule has 12 nitrogen and oxygen atoms in total. The van der Waals surface area contributed by atoms with Gasteiger partial charge < -0.3 is 26.7 Å². The fourth-order valence-electron chi connectivity index (χ4n) is 4.08. The van der Waals surface area contributed by atoms with Crippen LogP contribution in [0.3, 0.4) is 0 Å². The Kier molecular flexibility index (Phi) is 6.27. The second kappa shape index (κ2) is 9.40. The molecule has 3 aromatic rings. The summed E-state index contributed by atoms with van der Waals surface area (Å²) in [5.74, 6) is -2.02. The zero-order valence-electron chi connectivity index (χ0n) is 18.7. The molecular weight excluding hydrogens is 526 g/mol. The third-order valence-corrected chi connectivity index (χ3v) is 8.56. The molecule has 1 fully saturated rings. The fraction of sp³-hybridized carbons (Fsp3) is 0.238. The van der Waals surface area contributed by atoms with Crippen molar-refractivity contribution in [3.8, 4) is 0 Å². The van der Waals surface area contributed by atoms with Crippen molar-refractivity contribution in [2.75, 3.05) is 24.3 Å². The van der Waals surface area contributed by atoms with E-state index < -0.39 is 29.2 Å². The molecule has 0 bridgehead atoms. The molecule has 2 amide bonds. The number of carbonyl (C=O) groups excluding carboxylic acids is 2. The Bertz CT molecular complexity index is 1460. The number of amides is 2. The molecule has 36 heavy (non-hydrogen) atoms. The van der Waals surface area contributed by atoms with Gasteiger partial charge >= 0.3 is 5.97 Å². The first-order valence-corrected chi connectivity index (χ1v) is 13.2. The summed E-state index contributed by atoms with van der Waals surface area (Å²) in [6.07, 6.45) is 3.75. The molecule has 2 aliphatic rings. The molecule has 15 heteroatoms. The van der Waals surface area contributed by atoms with Crippen molar-refractivity contribution < 1.29 is 28.9 Å². The number of aliphatic carboxylic acids is 1. The van der Waals surface area contributed by atoms with Gasteiger partial charge in [0.15, 0.2) is 29.8 Å². The minimum atomic E-state index is -1.20. The number of carboxylic acids is 1. The van der Waals surface area contributed by atoms with E-state index in [9.17, 15) is 19.5 Å². The molecular formula is C21H20N7O5S3+. The topological polar surface area (TPSA) is 177 Å². The van der Waals surface area contributed by atoms with Gasteiger partial charge in [-0.3, -0.25) is 14.5 Å². The van der Waals surface area contributed by atoms with Crippen molar-refractivity contribution in [2.45, 2.75) is 18.0 Å². The van der Waals surface area contributed by atoms with Gasteiger partial charge in [-0.1, -0.05) is 5.16 Å². The number of nitrogens with zero attached hydrogens (tertiary/aromatic N) is 4. The largest absolute Gasteiger partial charge is 0.477 e. The summed E-state index contributed by atoms with van der Waals surface area (Å²) in [7, 11) is 1.28. The van der Waals surface area contributed by atoms with E-state index in [2.05, 4.69) is 15.5 Å². The number of nitrogens with two attached hydrogens (primary N) is 2. The summed E-state index contributed by atoms with van der Waals surface area (Å²) in [4.78, 5) is 48.1. The van der Waals surface area contributed by atoms with Crippen molar-refractivity contribution in [3.05, 3.63) is 46.9 Å². The number of nitrogens with one attached hydrogen (secondary N) is 1. The van der Waals surface area contributed by atoms with Crippen LogP contribution in [0.2, 0.25) is 0 Å². The monoisotopic (exact) mass is 546 g/mol. The highest BCUT2D eigenvalue weighted by molar-refractivity contribution is 8.00. The third kappa shape index (κ3) is 4.25. The first-order chi connectivity index (χ1) is 17.3. The Hall–Kier alpha value is -3.69. The summed E-state index contributed by atoms with van der Waals surface area (Å²) in [5.41, 5.74) is 12.1. The van der Waals surface area contributed by atoms with Gasteiger partial charge in [-0.2, -0.15) is 0 Å². The van der Waals surface area contributed by atoms with Crippen LogP contribution in [-0.2, 0) is 25.8 Å². The van der Waals surface area contributed by atoms with Crippen molar-refractivity contribution in [3.63, 3.8) is 0 Å². The van der Waals surface area contributed by atoms with Crippen LogP contribution in [-0.4, -0.2) is 62.8 Å². The number of carboxylic acid groups (broad SMARTS) is 1. The number of fused-ring (bicyclic) bond motifs is 2. The van der Waals surface area contributed by atoms with E-state index in [0.717, 1.165) is 21.4 Å². The molecule has 3 aromatic heterocycles. The maximum atomic E-state index is 13.0. The number of aromatic nitrogens is 2. The number of anilines is 2. The van der Waals surface area contributed by atoms with Crippen LogP contribution in [0.1, 0.15) is 5.69 Å². The van der Waals surface area contributed by atoms with Gasteiger partial charge in [-0.25, -0.2) is 14.3 Å². The molecule has 2 atom stereocenters. The Morgan fingerprint density at radius 1 is 1.42 bits per heavy atom. The molecule has 1 unspecified atom stereocenters. The van der Waals surface area contributed by atoms with Gasteiger partial charge in [0.05, 0.1) is 10.4 Å². The minimum absolute atomic E-state index is 0.0651. The number of nitrogen functional groups attached to an aromatic ring is 2. The average Bonchev–Trinajstić information content (AvgIpc) is 3.44. The summed E-state index contributed by atoms with van der Waals surface area (Å²) in [6, 6.07) is 2.86. The number of hydrogen-bond acceptors (Lipinski definition) is 11. The van der Waals surface area contributed by atoms with Crippen molar-refractivity contribution in [1.82, 2.24) is 15.2 Å². The molecule has 1 saturated heterocycles. The lowest BCUT2D eigenvalue weighted by Crippen LogP contribution is -2.71. The molecule has 0 aliphatic carbocycles. The predicted octanol–water partition coefficient (Wildman–Crippen LogP) is 0.599. The van der Waals surface area contributed by atoms with Crippen LogP contribution in [0.15, 0.2) is 46.3 Å². The lowest BCUT2D eigenvalue weighted by Gasteiger charge is -2.49. The van der Waals surface area contributed by atoms with Crippen LogP contribution in [0.5, 0.6) is 0 Å². The number of hydrogen-bond donors (Lipinski definition) is 4. The highest BCUT2D eigenvalue weighted by Crippen LogP contribution is 2.40. The van der Waals surface area contributed by atoms with E-state index in [4.69, 9.17) is 16.3 Å².